The van der Waals surface area contributed by atoms with Gasteiger partial charge in [-0.3, -0.25) is 0 Å². The minimum absolute atomic E-state index is 0.269. The molecule has 1 nitrogen and oxygen atoms in total. The Kier molecular flexibility index (Phi) is 8.30. The zero-order valence-electron chi connectivity index (χ0n) is 20.7. The molecule has 0 fully saturated rings. The maximum atomic E-state index is 15.2. The van der Waals surface area contributed by atoms with Gasteiger partial charge in [0.1, 0.15) is 0 Å². The molecule has 3 heteroatoms. The zero-order valence-corrected chi connectivity index (χ0v) is 20.7. The first-order valence-corrected chi connectivity index (χ1v) is 12.7. The van der Waals surface area contributed by atoms with Gasteiger partial charge >= 0.3 is 0 Å². The summed E-state index contributed by atoms with van der Waals surface area (Å²) in [6.45, 7) is 5.04. The predicted molar refractivity (Wildman–Crippen MR) is 142 cm³/mol. The van der Waals surface area contributed by atoms with Gasteiger partial charge in [0.2, 0.25) is 0 Å². The van der Waals surface area contributed by atoms with Crippen molar-refractivity contribution in [2.24, 2.45) is 0 Å². The molecule has 0 heterocycles. The molecular formula is C32H34F2O. The Balaban J connectivity index is 1.53. The molecule has 1 unspecified atom stereocenters. The van der Waals surface area contributed by atoms with Gasteiger partial charge < -0.3 is 4.74 Å². The van der Waals surface area contributed by atoms with Gasteiger partial charge in [0.25, 0.3) is 0 Å². The third-order valence-corrected chi connectivity index (χ3v) is 6.74. The normalized spacial score (nSPS) is 17.4. The van der Waals surface area contributed by atoms with Gasteiger partial charge in [-0.15, -0.1) is 0 Å². The Morgan fingerprint density at radius 3 is 2.06 bits per heavy atom. The molecule has 1 atom stereocenters. The van der Waals surface area contributed by atoms with Crippen LogP contribution in [0.15, 0.2) is 85.0 Å². The average molecular weight is 473 g/mol. The number of hydrogen-bond donors (Lipinski definition) is 0. The number of rotatable bonds is 10. The summed E-state index contributed by atoms with van der Waals surface area (Å²) in [5.74, 6) is -1.62. The van der Waals surface area contributed by atoms with Crippen molar-refractivity contribution in [2.75, 3.05) is 6.61 Å². The van der Waals surface area contributed by atoms with Gasteiger partial charge in [-0.2, -0.15) is 0 Å². The smallest absolute Gasteiger partial charge is 0.167 e. The van der Waals surface area contributed by atoms with E-state index in [-0.39, 0.29) is 11.2 Å². The van der Waals surface area contributed by atoms with E-state index in [9.17, 15) is 0 Å². The Morgan fingerprint density at radius 1 is 0.743 bits per heavy atom. The molecule has 0 radical (unpaired) electrons. The van der Waals surface area contributed by atoms with Crippen molar-refractivity contribution >= 4 is 5.57 Å². The van der Waals surface area contributed by atoms with E-state index < -0.39 is 11.6 Å². The highest BCUT2D eigenvalue weighted by atomic mass is 19.2. The van der Waals surface area contributed by atoms with Crippen LogP contribution in [0.4, 0.5) is 8.78 Å². The molecule has 0 bridgehead atoms. The first kappa shape index (κ1) is 25.1. The minimum atomic E-state index is -0.814. The first-order chi connectivity index (χ1) is 17.1. The summed E-state index contributed by atoms with van der Waals surface area (Å²) >= 11 is 0. The maximum Gasteiger partial charge on any atom is 0.167 e. The lowest BCUT2D eigenvalue weighted by molar-refractivity contribution is -0.0152. The molecule has 0 amide bonds. The van der Waals surface area contributed by atoms with Crippen LogP contribution in [0.3, 0.4) is 0 Å². The molecule has 182 valence electrons. The van der Waals surface area contributed by atoms with Crippen LogP contribution in [0.1, 0.15) is 57.9 Å². The number of halogens is 2. The molecule has 3 aromatic rings. The van der Waals surface area contributed by atoms with Gasteiger partial charge in [-0.05, 0) is 41.5 Å². The second kappa shape index (κ2) is 11.6. The Morgan fingerprint density at radius 2 is 1.40 bits per heavy atom. The van der Waals surface area contributed by atoms with Crippen molar-refractivity contribution in [1.82, 2.24) is 0 Å². The number of benzene rings is 3. The summed E-state index contributed by atoms with van der Waals surface area (Å²) in [7, 11) is 0. The lowest BCUT2D eigenvalue weighted by Crippen LogP contribution is -2.31. The summed E-state index contributed by atoms with van der Waals surface area (Å²) < 4.78 is 36.7. The van der Waals surface area contributed by atoms with Crippen LogP contribution in [-0.2, 0) is 4.74 Å². The maximum absolute atomic E-state index is 15.2. The molecule has 0 spiro atoms. The second-order valence-corrected chi connectivity index (χ2v) is 9.30. The summed E-state index contributed by atoms with van der Waals surface area (Å²) in [5.41, 5.74) is 3.70. The topological polar surface area (TPSA) is 9.23 Å². The van der Waals surface area contributed by atoms with Crippen LogP contribution in [0.2, 0.25) is 0 Å². The van der Waals surface area contributed by atoms with E-state index in [2.05, 4.69) is 13.8 Å². The molecule has 4 rings (SSSR count). The summed E-state index contributed by atoms with van der Waals surface area (Å²) in [6.07, 6.45) is 11.9. The molecule has 1 aliphatic rings. The quantitative estimate of drug-likeness (QED) is 0.267. The van der Waals surface area contributed by atoms with Gasteiger partial charge in [-0.1, -0.05) is 118 Å². The monoisotopic (exact) mass is 472 g/mol. The molecule has 0 saturated carbocycles. The fraction of sp³-hybridized carbons (Fsp3) is 0.312. The standard InChI is InChI=1S/C32H34F2O/c1-3-5-9-23-35-32(20-4-2)21-18-27(19-22-32)29-17-16-28(30(33)31(29)34)26-14-12-25(13-15-26)24-10-7-6-8-11-24/h6-8,10-19,21H,3-5,9,20,22-23H2,1-2H3. The molecule has 0 aromatic heterocycles. The molecule has 3 aromatic carbocycles. The number of allylic oxidation sites excluding steroid dienone is 2. The lowest BCUT2D eigenvalue weighted by Gasteiger charge is -2.32. The molecule has 0 saturated heterocycles. The summed E-state index contributed by atoms with van der Waals surface area (Å²) in [5, 5.41) is 0. The third-order valence-electron chi connectivity index (χ3n) is 6.74. The van der Waals surface area contributed by atoms with Gasteiger partial charge in [0.15, 0.2) is 11.6 Å². The lowest BCUT2D eigenvalue weighted by atomic mass is 9.85. The molecule has 35 heavy (non-hydrogen) atoms. The average Bonchev–Trinajstić information content (AvgIpc) is 2.90. The van der Waals surface area contributed by atoms with Crippen molar-refractivity contribution in [1.29, 1.82) is 0 Å². The third kappa shape index (κ3) is 5.79. The largest absolute Gasteiger partial charge is 0.371 e. The van der Waals surface area contributed by atoms with Gasteiger partial charge in [-0.25, -0.2) is 8.78 Å². The highest BCUT2D eigenvalue weighted by molar-refractivity contribution is 5.78. The Bertz CT molecular complexity index is 1180. The van der Waals surface area contributed by atoms with Crippen molar-refractivity contribution in [3.8, 4) is 22.3 Å². The molecular weight excluding hydrogens is 438 g/mol. The fourth-order valence-corrected chi connectivity index (χ4v) is 4.74. The predicted octanol–water partition coefficient (Wildman–Crippen LogP) is 9.39. The van der Waals surface area contributed by atoms with Gasteiger partial charge in [0, 0.05) is 17.7 Å². The van der Waals surface area contributed by atoms with E-state index in [4.69, 9.17) is 4.74 Å². The van der Waals surface area contributed by atoms with Crippen molar-refractivity contribution in [2.45, 2.75) is 58.0 Å². The zero-order chi connectivity index (χ0) is 24.7. The number of ether oxygens (including phenoxy) is 1. The highest BCUT2D eigenvalue weighted by Crippen LogP contribution is 2.36. The number of hydrogen-bond acceptors (Lipinski definition) is 1. The van der Waals surface area contributed by atoms with E-state index in [1.165, 1.54) is 0 Å². The van der Waals surface area contributed by atoms with E-state index in [1.54, 1.807) is 12.1 Å². The SMILES string of the molecule is CCCCCOC1(CCC)C=CC(c2ccc(-c3ccc(-c4ccccc4)cc3)c(F)c2F)=CC1. The highest BCUT2D eigenvalue weighted by Gasteiger charge is 2.29. The second-order valence-electron chi connectivity index (χ2n) is 9.30. The van der Waals surface area contributed by atoms with E-state index in [1.807, 2.05) is 72.8 Å². The Labute approximate surface area is 208 Å². The van der Waals surface area contributed by atoms with E-state index in [0.29, 0.717) is 23.1 Å². The molecule has 1 aliphatic carbocycles. The minimum Gasteiger partial charge on any atom is -0.371 e. The fourth-order valence-electron chi connectivity index (χ4n) is 4.74. The number of unbranched alkanes of at least 4 members (excludes halogenated alkanes) is 2. The molecule has 0 aliphatic heterocycles. The van der Waals surface area contributed by atoms with Crippen LogP contribution in [0, 0.1) is 11.6 Å². The summed E-state index contributed by atoms with van der Waals surface area (Å²) in [4.78, 5) is 0. The van der Waals surface area contributed by atoms with Crippen molar-refractivity contribution < 1.29 is 13.5 Å². The summed E-state index contributed by atoms with van der Waals surface area (Å²) in [6, 6.07) is 20.9. The van der Waals surface area contributed by atoms with Crippen LogP contribution in [0.25, 0.3) is 27.8 Å². The van der Waals surface area contributed by atoms with Crippen LogP contribution >= 0.6 is 0 Å². The van der Waals surface area contributed by atoms with E-state index >= 15 is 8.78 Å². The van der Waals surface area contributed by atoms with Crippen LogP contribution in [-0.4, -0.2) is 12.2 Å². The van der Waals surface area contributed by atoms with E-state index in [0.717, 1.165) is 49.8 Å². The van der Waals surface area contributed by atoms with Crippen LogP contribution in [0.5, 0.6) is 0 Å². The van der Waals surface area contributed by atoms with Gasteiger partial charge in [0.05, 0.1) is 5.60 Å². The van der Waals surface area contributed by atoms with Crippen LogP contribution < -0.4 is 0 Å². The van der Waals surface area contributed by atoms with Crippen molar-refractivity contribution in [3.05, 3.63) is 102 Å². The first-order valence-electron chi connectivity index (χ1n) is 12.7. The Hall–Kier alpha value is -3.04. The van der Waals surface area contributed by atoms with Crippen molar-refractivity contribution in [3.63, 3.8) is 0 Å². The molecule has 0 N–H and O–H groups in total.